The Morgan fingerprint density at radius 2 is 1.83 bits per heavy atom. The molecule has 0 aliphatic carbocycles. The Labute approximate surface area is 179 Å². The van der Waals surface area contributed by atoms with Crippen LogP contribution in [0.2, 0.25) is 5.02 Å². The Morgan fingerprint density at radius 3 is 2.40 bits per heavy atom. The van der Waals surface area contributed by atoms with Crippen molar-refractivity contribution < 1.29 is 18.0 Å². The molecular formula is C21H26ClF3N4O. The molecule has 9 heteroatoms. The van der Waals surface area contributed by atoms with Gasteiger partial charge in [0, 0.05) is 42.6 Å². The number of aryl methyl sites for hydroxylation is 1. The Balaban J connectivity index is 1.67. The van der Waals surface area contributed by atoms with Gasteiger partial charge in [-0.2, -0.15) is 18.3 Å². The zero-order valence-corrected chi connectivity index (χ0v) is 17.7. The highest BCUT2D eigenvalue weighted by Gasteiger charge is 2.35. The summed E-state index contributed by atoms with van der Waals surface area (Å²) in [7, 11) is 0. The van der Waals surface area contributed by atoms with Gasteiger partial charge in [0.2, 0.25) is 0 Å². The minimum Gasteiger partial charge on any atom is -0.369 e. The molecule has 0 saturated carbocycles. The van der Waals surface area contributed by atoms with Gasteiger partial charge in [0.25, 0.3) is 0 Å². The van der Waals surface area contributed by atoms with Crippen LogP contribution in [0.3, 0.4) is 0 Å². The molecule has 1 fully saturated rings. The largest absolute Gasteiger partial charge is 0.435 e. The van der Waals surface area contributed by atoms with Crippen LogP contribution in [0.1, 0.15) is 31.2 Å². The molecule has 30 heavy (non-hydrogen) atoms. The van der Waals surface area contributed by atoms with Crippen molar-refractivity contribution in [1.29, 1.82) is 0 Å². The zero-order valence-electron chi connectivity index (χ0n) is 16.9. The third-order valence-electron chi connectivity index (χ3n) is 5.43. The van der Waals surface area contributed by atoms with Crippen molar-refractivity contribution in [1.82, 2.24) is 14.7 Å². The predicted molar refractivity (Wildman–Crippen MR) is 111 cm³/mol. The van der Waals surface area contributed by atoms with Crippen molar-refractivity contribution in [2.24, 2.45) is 0 Å². The second-order valence-electron chi connectivity index (χ2n) is 7.51. The van der Waals surface area contributed by atoms with Crippen molar-refractivity contribution in [3.05, 3.63) is 46.7 Å². The Morgan fingerprint density at radius 1 is 1.17 bits per heavy atom. The van der Waals surface area contributed by atoms with E-state index in [1.54, 1.807) is 0 Å². The number of hydrogen-bond donors (Lipinski definition) is 0. The summed E-state index contributed by atoms with van der Waals surface area (Å²) < 4.78 is 40.8. The van der Waals surface area contributed by atoms with E-state index in [4.69, 9.17) is 11.6 Å². The van der Waals surface area contributed by atoms with E-state index >= 15 is 0 Å². The summed E-state index contributed by atoms with van der Waals surface area (Å²) in [5, 5.41) is 4.45. The van der Waals surface area contributed by atoms with Gasteiger partial charge in [-0.15, -0.1) is 0 Å². The lowest BCUT2D eigenvalue weighted by Gasteiger charge is -2.38. The number of alkyl halides is 3. The average molecular weight is 443 g/mol. The number of anilines is 1. The first-order valence-corrected chi connectivity index (χ1v) is 10.5. The molecule has 0 N–H and O–H groups in total. The third-order valence-corrected chi connectivity index (χ3v) is 5.68. The molecule has 2 aromatic rings. The molecule has 5 nitrogen and oxygen atoms in total. The van der Waals surface area contributed by atoms with Gasteiger partial charge in [0.15, 0.2) is 5.69 Å². The number of hydrogen-bond acceptors (Lipinski definition) is 4. The number of aldehydes is 1. The van der Waals surface area contributed by atoms with Crippen LogP contribution in [0.25, 0.3) is 0 Å². The van der Waals surface area contributed by atoms with E-state index in [1.165, 1.54) is 4.68 Å². The van der Waals surface area contributed by atoms with Gasteiger partial charge < -0.3 is 9.69 Å². The molecular weight excluding hydrogens is 417 g/mol. The molecule has 3 rings (SSSR count). The first-order valence-electron chi connectivity index (χ1n) is 10.2. The summed E-state index contributed by atoms with van der Waals surface area (Å²) in [6.07, 6.45) is -1.52. The molecule has 1 atom stereocenters. The number of halogens is 4. The summed E-state index contributed by atoms with van der Waals surface area (Å²) in [6.45, 7) is 4.84. The van der Waals surface area contributed by atoms with Gasteiger partial charge in [-0.25, -0.2) is 0 Å². The van der Waals surface area contributed by atoms with Crippen LogP contribution < -0.4 is 4.90 Å². The predicted octanol–water partition coefficient (Wildman–Crippen LogP) is 4.29. The molecule has 0 amide bonds. The van der Waals surface area contributed by atoms with E-state index in [9.17, 15) is 18.0 Å². The maximum atomic E-state index is 13.1. The van der Waals surface area contributed by atoms with Crippen LogP contribution in [0.5, 0.6) is 0 Å². The van der Waals surface area contributed by atoms with Crippen molar-refractivity contribution in [2.45, 2.75) is 44.9 Å². The lowest BCUT2D eigenvalue weighted by molar-refractivity contribution is -0.141. The molecule has 1 aromatic heterocycles. The molecule has 2 heterocycles. The summed E-state index contributed by atoms with van der Waals surface area (Å²) in [6, 6.07) is 8.18. The summed E-state index contributed by atoms with van der Waals surface area (Å²) in [4.78, 5) is 16.0. The van der Waals surface area contributed by atoms with E-state index in [2.05, 4.69) is 10.00 Å². The van der Waals surface area contributed by atoms with Crippen molar-refractivity contribution in [3.8, 4) is 0 Å². The maximum absolute atomic E-state index is 13.1. The van der Waals surface area contributed by atoms with Crippen LogP contribution in [-0.2, 0) is 23.9 Å². The summed E-state index contributed by atoms with van der Waals surface area (Å²) >= 11 is 5.94. The Hall–Kier alpha value is -2.06. The lowest BCUT2D eigenvalue weighted by atomic mass is 10.1. The first-order chi connectivity index (χ1) is 14.3. The number of piperazine rings is 1. The van der Waals surface area contributed by atoms with Crippen molar-refractivity contribution in [3.63, 3.8) is 0 Å². The fourth-order valence-electron chi connectivity index (χ4n) is 3.70. The van der Waals surface area contributed by atoms with Crippen molar-refractivity contribution in [2.75, 3.05) is 31.1 Å². The minimum atomic E-state index is -4.49. The standard InChI is InChI=1S/C21H26ClF3N4O/c1-2-3-4-18-13-20(21(23,24)25)26-29(18)14-19(15-30)28-11-9-27(10-12-28)17-7-5-16(22)6-8-17/h5-8,13,15,19H,2-4,9-12,14H2,1H3. The molecule has 0 bridgehead atoms. The molecule has 0 radical (unpaired) electrons. The van der Waals surface area contributed by atoms with E-state index in [0.29, 0.717) is 30.2 Å². The fraction of sp³-hybridized carbons (Fsp3) is 0.524. The lowest BCUT2D eigenvalue weighted by Crippen LogP contribution is -2.52. The highest BCUT2D eigenvalue weighted by atomic mass is 35.5. The fourth-order valence-corrected chi connectivity index (χ4v) is 3.82. The molecule has 164 valence electrons. The quantitative estimate of drug-likeness (QED) is 0.572. The highest BCUT2D eigenvalue weighted by molar-refractivity contribution is 6.30. The first kappa shape index (κ1) is 22.6. The topological polar surface area (TPSA) is 41.4 Å². The summed E-state index contributed by atoms with van der Waals surface area (Å²) in [5.41, 5.74) is 0.687. The average Bonchev–Trinajstić information content (AvgIpc) is 3.14. The van der Waals surface area contributed by atoms with Crippen LogP contribution in [-0.4, -0.2) is 53.2 Å². The Bertz CT molecular complexity index is 830. The van der Waals surface area contributed by atoms with Crippen LogP contribution in [0.15, 0.2) is 30.3 Å². The molecule has 1 unspecified atom stereocenters. The molecule has 1 saturated heterocycles. The van der Waals surface area contributed by atoms with E-state index in [0.717, 1.165) is 44.0 Å². The third kappa shape index (κ3) is 5.55. The smallest absolute Gasteiger partial charge is 0.369 e. The molecule has 1 aliphatic rings. The second-order valence-corrected chi connectivity index (χ2v) is 7.94. The number of carbonyl (C=O) groups excluding carboxylic acids is 1. The van der Waals surface area contributed by atoms with E-state index in [1.807, 2.05) is 36.1 Å². The van der Waals surface area contributed by atoms with Gasteiger partial charge in [-0.1, -0.05) is 24.9 Å². The second kappa shape index (κ2) is 9.83. The van der Waals surface area contributed by atoms with Gasteiger partial charge in [-0.3, -0.25) is 9.58 Å². The number of rotatable bonds is 8. The molecule has 1 aliphatic heterocycles. The monoisotopic (exact) mass is 442 g/mol. The molecule has 1 aromatic carbocycles. The van der Waals surface area contributed by atoms with Gasteiger partial charge in [-0.05, 0) is 43.2 Å². The molecule has 0 spiro atoms. The number of aromatic nitrogens is 2. The number of nitrogens with zero attached hydrogens (tertiary/aromatic N) is 4. The normalized spacial score (nSPS) is 16.6. The van der Waals surface area contributed by atoms with E-state index in [-0.39, 0.29) is 6.54 Å². The van der Waals surface area contributed by atoms with Crippen molar-refractivity contribution >= 4 is 23.6 Å². The van der Waals surface area contributed by atoms with E-state index < -0.39 is 17.9 Å². The SMILES string of the molecule is CCCCc1cc(C(F)(F)F)nn1CC(C=O)N1CCN(c2ccc(Cl)cc2)CC1. The van der Waals surface area contributed by atoms with Crippen LogP contribution in [0.4, 0.5) is 18.9 Å². The van der Waals surface area contributed by atoms with Crippen LogP contribution in [0, 0.1) is 0 Å². The number of carbonyl (C=O) groups is 1. The highest BCUT2D eigenvalue weighted by Crippen LogP contribution is 2.29. The van der Waals surface area contributed by atoms with Gasteiger partial charge in [0.1, 0.15) is 6.29 Å². The van der Waals surface area contributed by atoms with Gasteiger partial charge in [0.05, 0.1) is 12.6 Å². The Kier molecular flexibility index (Phi) is 7.41. The number of unbranched alkanes of at least 4 members (excludes halogenated alkanes) is 1. The van der Waals surface area contributed by atoms with Gasteiger partial charge >= 0.3 is 6.18 Å². The van der Waals surface area contributed by atoms with Crippen LogP contribution >= 0.6 is 11.6 Å². The minimum absolute atomic E-state index is 0.125. The summed E-state index contributed by atoms with van der Waals surface area (Å²) in [5.74, 6) is 0. The maximum Gasteiger partial charge on any atom is 0.435 e. The number of benzene rings is 1. The zero-order chi connectivity index (χ0) is 21.7.